The maximum Gasteiger partial charge on any atom is 0.164 e. The molecule has 0 aromatic heterocycles. The van der Waals surface area contributed by atoms with Gasteiger partial charge in [0, 0.05) is 6.42 Å². The van der Waals surface area contributed by atoms with Crippen LogP contribution in [0.3, 0.4) is 0 Å². The van der Waals surface area contributed by atoms with Crippen molar-refractivity contribution in [2.24, 2.45) is 0 Å². The first-order valence-corrected chi connectivity index (χ1v) is 3.65. The quantitative estimate of drug-likeness (QED) is 0.460. The van der Waals surface area contributed by atoms with E-state index >= 15 is 0 Å². The highest BCUT2D eigenvalue weighted by Crippen LogP contribution is 1.79. The van der Waals surface area contributed by atoms with Gasteiger partial charge < -0.3 is 5.32 Å². The van der Waals surface area contributed by atoms with Crippen LogP contribution in [0.15, 0.2) is 0 Å². The largest absolute Gasteiger partial charge is 0.302 e. The molecule has 2 nitrogen and oxygen atoms in total. The molecule has 1 rings (SSSR count). The summed E-state index contributed by atoms with van der Waals surface area (Å²) in [6.07, 6.45) is 1.15. The van der Waals surface area contributed by atoms with Gasteiger partial charge in [0.15, 0.2) is 11.8 Å². The number of rotatable bonds is 1. The van der Waals surface area contributed by atoms with E-state index in [0.717, 1.165) is 19.5 Å². The molecule has 1 aliphatic rings. The van der Waals surface area contributed by atoms with Crippen LogP contribution in [0, 0.1) is 0 Å². The first-order valence-electron chi connectivity index (χ1n) is 3.65. The number of hydrogen-bond donors (Lipinski definition) is 2. The van der Waals surface area contributed by atoms with E-state index in [4.69, 9.17) is 0 Å². The summed E-state index contributed by atoms with van der Waals surface area (Å²) in [5.74, 6) is 0. The number of hydrogen-bond acceptors (Lipinski definition) is 1. The van der Waals surface area contributed by atoms with Gasteiger partial charge in [-0.05, 0) is 6.92 Å². The lowest BCUT2D eigenvalue weighted by Gasteiger charge is -2.10. The second-order valence-corrected chi connectivity index (χ2v) is 2.63. The van der Waals surface area contributed by atoms with E-state index in [9.17, 15) is 0 Å². The summed E-state index contributed by atoms with van der Waals surface area (Å²) < 4.78 is 0. The Labute approximate surface area is 56.4 Å². The fraction of sp³-hybridized carbons (Fsp3) is 0.857. The lowest BCUT2D eigenvalue weighted by Crippen LogP contribution is -2.84. The zero-order valence-electron chi connectivity index (χ0n) is 6.20. The van der Waals surface area contributed by atoms with Crippen molar-refractivity contribution in [3.05, 3.63) is 0 Å². The fourth-order valence-electron chi connectivity index (χ4n) is 1.12. The van der Waals surface area contributed by atoms with Gasteiger partial charge in [-0.15, -0.1) is 0 Å². The molecule has 0 aromatic rings. The van der Waals surface area contributed by atoms with E-state index in [0.29, 0.717) is 6.04 Å². The van der Waals surface area contributed by atoms with Crippen molar-refractivity contribution in [1.29, 1.82) is 0 Å². The molecule has 0 aromatic carbocycles. The normalized spacial score (nSPS) is 27.8. The Bertz CT molecular complexity index is 118. The van der Waals surface area contributed by atoms with Crippen LogP contribution in [-0.4, -0.2) is 24.8 Å². The van der Waals surface area contributed by atoms with Gasteiger partial charge in [-0.25, -0.2) is 4.99 Å². The Morgan fingerprint density at radius 1 is 1.78 bits per heavy atom. The topological polar surface area (TPSA) is 26.0 Å². The lowest BCUT2D eigenvalue weighted by atomic mass is 10.2. The van der Waals surface area contributed by atoms with Crippen LogP contribution in [0.4, 0.5) is 0 Å². The number of nitrogens with one attached hydrogen (secondary N) is 2. The standard InChI is InChI=1S/C7H14N2/c1-3-7-5-8-4-6(2)9-7/h6,8H,3-5H2,1-2H3/p+1. The minimum Gasteiger partial charge on any atom is -0.302 e. The molecule has 9 heavy (non-hydrogen) atoms. The van der Waals surface area contributed by atoms with E-state index in [-0.39, 0.29) is 0 Å². The Morgan fingerprint density at radius 2 is 2.56 bits per heavy atom. The molecule has 0 saturated heterocycles. The second-order valence-electron chi connectivity index (χ2n) is 2.63. The first-order chi connectivity index (χ1) is 4.33. The molecule has 1 aliphatic heterocycles. The minimum absolute atomic E-state index is 0.619. The molecule has 0 saturated carbocycles. The second kappa shape index (κ2) is 2.97. The van der Waals surface area contributed by atoms with Crippen LogP contribution in [0.2, 0.25) is 0 Å². The van der Waals surface area contributed by atoms with Crippen LogP contribution in [-0.2, 0) is 0 Å². The summed E-state index contributed by atoms with van der Waals surface area (Å²) >= 11 is 0. The molecule has 2 heteroatoms. The molecule has 1 heterocycles. The Morgan fingerprint density at radius 3 is 3.00 bits per heavy atom. The Kier molecular flexibility index (Phi) is 2.22. The smallest absolute Gasteiger partial charge is 0.164 e. The molecular weight excluding hydrogens is 112 g/mol. The maximum atomic E-state index is 3.42. The third-order valence-corrected chi connectivity index (χ3v) is 1.67. The summed E-state index contributed by atoms with van der Waals surface area (Å²) in [5.41, 5.74) is 1.44. The molecule has 0 radical (unpaired) electrons. The van der Waals surface area contributed by atoms with E-state index in [1.54, 1.807) is 0 Å². The van der Waals surface area contributed by atoms with Crippen molar-refractivity contribution in [1.82, 2.24) is 5.32 Å². The van der Waals surface area contributed by atoms with Crippen molar-refractivity contribution in [3.8, 4) is 0 Å². The van der Waals surface area contributed by atoms with E-state index in [1.807, 2.05) is 0 Å². The average molecular weight is 127 g/mol. The molecule has 2 N–H and O–H groups in total. The highest BCUT2D eigenvalue weighted by Gasteiger charge is 2.13. The lowest BCUT2D eigenvalue weighted by molar-refractivity contribution is -0.502. The zero-order valence-corrected chi connectivity index (χ0v) is 6.20. The summed E-state index contributed by atoms with van der Waals surface area (Å²) in [6, 6.07) is 0.619. The van der Waals surface area contributed by atoms with Crippen molar-refractivity contribution in [2.75, 3.05) is 13.1 Å². The minimum atomic E-state index is 0.619. The summed E-state index contributed by atoms with van der Waals surface area (Å²) in [5, 5.41) is 3.34. The molecule has 0 amide bonds. The van der Waals surface area contributed by atoms with Crippen LogP contribution in [0.5, 0.6) is 0 Å². The molecule has 0 bridgehead atoms. The maximum absolute atomic E-state index is 3.42. The summed E-state index contributed by atoms with van der Waals surface area (Å²) in [6.45, 7) is 6.54. The highest BCUT2D eigenvalue weighted by molar-refractivity contribution is 5.80. The zero-order chi connectivity index (χ0) is 6.69. The SMILES string of the molecule is CCC1=[NH+]C(C)CNC1. The fourth-order valence-corrected chi connectivity index (χ4v) is 1.12. The van der Waals surface area contributed by atoms with E-state index in [1.165, 1.54) is 5.71 Å². The van der Waals surface area contributed by atoms with Gasteiger partial charge in [0.2, 0.25) is 0 Å². The molecule has 52 valence electrons. The van der Waals surface area contributed by atoms with E-state index < -0.39 is 0 Å². The average Bonchev–Trinajstić information content (AvgIpc) is 1.88. The van der Waals surface area contributed by atoms with Crippen molar-refractivity contribution < 1.29 is 4.99 Å². The molecule has 0 fully saturated rings. The summed E-state index contributed by atoms with van der Waals surface area (Å²) in [7, 11) is 0. The van der Waals surface area contributed by atoms with Gasteiger partial charge >= 0.3 is 0 Å². The molecule has 0 spiro atoms. The monoisotopic (exact) mass is 127 g/mol. The van der Waals surface area contributed by atoms with Gasteiger partial charge in [-0.1, -0.05) is 6.92 Å². The third-order valence-electron chi connectivity index (χ3n) is 1.67. The van der Waals surface area contributed by atoms with Crippen LogP contribution in [0.1, 0.15) is 20.3 Å². The van der Waals surface area contributed by atoms with Crippen molar-refractivity contribution in [2.45, 2.75) is 26.3 Å². The van der Waals surface area contributed by atoms with Crippen molar-refractivity contribution in [3.63, 3.8) is 0 Å². The predicted molar refractivity (Wildman–Crippen MR) is 38.6 cm³/mol. The van der Waals surface area contributed by atoms with Crippen LogP contribution in [0.25, 0.3) is 0 Å². The third kappa shape index (κ3) is 1.79. The molecule has 1 unspecified atom stereocenters. The van der Waals surface area contributed by atoms with Gasteiger partial charge in [0.05, 0.1) is 13.1 Å². The van der Waals surface area contributed by atoms with Crippen molar-refractivity contribution >= 4 is 5.71 Å². The van der Waals surface area contributed by atoms with E-state index in [2.05, 4.69) is 24.2 Å². The molecule has 1 atom stereocenters. The van der Waals surface area contributed by atoms with Gasteiger partial charge in [-0.2, -0.15) is 0 Å². The van der Waals surface area contributed by atoms with Gasteiger partial charge in [0.25, 0.3) is 0 Å². The Balaban J connectivity index is 2.49. The van der Waals surface area contributed by atoms with Gasteiger partial charge in [0.1, 0.15) is 0 Å². The summed E-state index contributed by atoms with van der Waals surface area (Å²) in [4.78, 5) is 3.42. The molecular formula is C7H15N2+. The highest BCUT2D eigenvalue weighted by atomic mass is 15.0. The van der Waals surface area contributed by atoms with Crippen LogP contribution >= 0.6 is 0 Å². The molecule has 0 aliphatic carbocycles. The Hall–Kier alpha value is -0.370. The predicted octanol–water partition coefficient (Wildman–Crippen LogP) is -1.09. The first kappa shape index (κ1) is 6.75. The van der Waals surface area contributed by atoms with Crippen LogP contribution < -0.4 is 10.3 Å². The van der Waals surface area contributed by atoms with Gasteiger partial charge in [-0.3, -0.25) is 0 Å².